The molecule has 3 rings (SSSR count). The van der Waals surface area contributed by atoms with Gasteiger partial charge in [-0.2, -0.15) is 0 Å². The van der Waals surface area contributed by atoms with Crippen molar-refractivity contribution < 1.29 is 9.90 Å². The van der Waals surface area contributed by atoms with Crippen LogP contribution in [-0.4, -0.2) is 17.5 Å². The highest BCUT2D eigenvalue weighted by Crippen LogP contribution is 2.65. The van der Waals surface area contributed by atoms with E-state index < -0.39 is 5.41 Å². The zero-order valence-corrected chi connectivity index (χ0v) is 14.7. The van der Waals surface area contributed by atoms with Crippen LogP contribution in [0.2, 0.25) is 0 Å². The number of carbonyl (C=O) groups is 1. The van der Waals surface area contributed by atoms with Crippen molar-refractivity contribution in [3.8, 4) is 0 Å². The lowest BCUT2D eigenvalue weighted by molar-refractivity contribution is -0.166. The van der Waals surface area contributed by atoms with Crippen molar-refractivity contribution in [3.63, 3.8) is 0 Å². The first-order valence-electron chi connectivity index (χ1n) is 9.06. The van der Waals surface area contributed by atoms with Gasteiger partial charge in [-0.05, 0) is 61.7 Å². The van der Waals surface area contributed by atoms with E-state index in [0.717, 1.165) is 19.3 Å². The van der Waals surface area contributed by atoms with Crippen molar-refractivity contribution >= 4 is 5.78 Å². The average Bonchev–Trinajstić information content (AvgIpc) is 2.56. The number of ketones is 1. The maximum atomic E-state index is 13.0. The second-order valence-electron chi connectivity index (χ2n) is 9.19. The van der Waals surface area contributed by atoms with Crippen LogP contribution in [0.15, 0.2) is 11.6 Å². The molecular weight excluding hydrogens is 272 g/mol. The first-order chi connectivity index (χ1) is 10.3. The lowest BCUT2D eigenvalue weighted by atomic mass is 9.42. The summed E-state index contributed by atoms with van der Waals surface area (Å²) >= 11 is 0. The van der Waals surface area contributed by atoms with Crippen molar-refractivity contribution in [2.45, 2.75) is 72.6 Å². The van der Waals surface area contributed by atoms with E-state index in [9.17, 15) is 9.90 Å². The Bertz CT molecular complexity index is 504. The van der Waals surface area contributed by atoms with Gasteiger partial charge in [0.25, 0.3) is 0 Å². The molecule has 2 heteroatoms. The average molecular weight is 304 g/mol. The monoisotopic (exact) mass is 304 g/mol. The highest BCUT2D eigenvalue weighted by atomic mass is 16.3. The van der Waals surface area contributed by atoms with E-state index >= 15 is 0 Å². The number of fused-ring (bicyclic) bond motifs is 3. The fraction of sp³-hybridized carbons (Fsp3) is 0.850. The Hall–Kier alpha value is -0.630. The normalized spacial score (nSPS) is 44.6. The van der Waals surface area contributed by atoms with Gasteiger partial charge in [0.15, 0.2) is 0 Å². The Morgan fingerprint density at radius 2 is 1.91 bits per heavy atom. The largest absolute Gasteiger partial charge is 0.395 e. The van der Waals surface area contributed by atoms with Crippen LogP contribution in [0.1, 0.15) is 72.6 Å². The molecule has 0 aromatic carbocycles. The van der Waals surface area contributed by atoms with Crippen molar-refractivity contribution in [1.82, 2.24) is 0 Å². The van der Waals surface area contributed by atoms with Gasteiger partial charge in [0.2, 0.25) is 0 Å². The topological polar surface area (TPSA) is 37.3 Å². The third kappa shape index (κ3) is 2.13. The molecule has 124 valence electrons. The standard InChI is InChI=1S/C20H32O2/c1-14-6-7-16-19(4)10-5-9-18(2,3)15(19)8-11-20(16,13-21)17(22)12-14/h6,15-16,21H,5,7-13H2,1-4H3. The zero-order chi connectivity index (χ0) is 16.2. The number of aliphatic hydroxyl groups excluding tert-OH is 1. The van der Waals surface area contributed by atoms with Crippen LogP contribution in [-0.2, 0) is 4.79 Å². The predicted octanol–water partition coefficient (Wildman–Crippen LogP) is 4.52. The molecular formula is C20H32O2. The summed E-state index contributed by atoms with van der Waals surface area (Å²) in [6, 6.07) is 0. The molecule has 0 aromatic heterocycles. The van der Waals surface area contributed by atoms with Gasteiger partial charge in [0, 0.05) is 6.42 Å². The Morgan fingerprint density at radius 3 is 2.59 bits per heavy atom. The minimum atomic E-state index is -0.479. The molecule has 0 amide bonds. The second kappa shape index (κ2) is 5.19. The number of hydrogen-bond donors (Lipinski definition) is 1. The van der Waals surface area contributed by atoms with Crippen molar-refractivity contribution in [3.05, 3.63) is 11.6 Å². The quantitative estimate of drug-likeness (QED) is 0.723. The molecule has 4 atom stereocenters. The van der Waals surface area contributed by atoms with Gasteiger partial charge in [0.05, 0.1) is 12.0 Å². The van der Waals surface area contributed by atoms with Crippen LogP contribution in [0.3, 0.4) is 0 Å². The van der Waals surface area contributed by atoms with Crippen molar-refractivity contribution in [2.24, 2.45) is 28.1 Å². The third-order valence-corrected chi connectivity index (χ3v) is 7.60. The number of allylic oxidation sites excluding steroid dienone is 2. The molecule has 0 saturated heterocycles. The lowest BCUT2D eigenvalue weighted by Gasteiger charge is -2.62. The Labute approximate surface area is 135 Å². The number of rotatable bonds is 1. The summed E-state index contributed by atoms with van der Waals surface area (Å²) in [6.07, 6.45) is 9.57. The molecule has 3 aliphatic rings. The van der Waals surface area contributed by atoms with E-state index in [1.165, 1.54) is 24.8 Å². The van der Waals surface area contributed by atoms with Gasteiger partial charge in [-0.15, -0.1) is 0 Å². The minimum Gasteiger partial charge on any atom is -0.395 e. The molecule has 0 heterocycles. The lowest BCUT2D eigenvalue weighted by Crippen LogP contribution is -2.58. The van der Waals surface area contributed by atoms with Gasteiger partial charge >= 0.3 is 0 Å². The highest BCUT2D eigenvalue weighted by molar-refractivity contribution is 5.88. The Kier molecular flexibility index (Phi) is 3.83. The minimum absolute atomic E-state index is 0.0420. The molecule has 2 fully saturated rings. The Morgan fingerprint density at radius 1 is 1.18 bits per heavy atom. The molecule has 4 unspecified atom stereocenters. The molecule has 0 aromatic rings. The summed E-state index contributed by atoms with van der Waals surface area (Å²) in [6.45, 7) is 9.38. The SMILES string of the molecule is CC1=CCC2C(CO)(CCC3C(C)(C)CCCC32C)C(=O)C1. The number of carbonyl (C=O) groups excluding carboxylic acids is 1. The first-order valence-corrected chi connectivity index (χ1v) is 9.06. The van der Waals surface area contributed by atoms with E-state index in [1.54, 1.807) is 0 Å². The van der Waals surface area contributed by atoms with E-state index in [-0.39, 0.29) is 12.0 Å². The number of Topliss-reactive ketones (excluding diaryl/α,β-unsaturated/α-hetero) is 1. The number of hydrogen-bond acceptors (Lipinski definition) is 2. The van der Waals surface area contributed by atoms with E-state index in [2.05, 4.69) is 33.8 Å². The van der Waals surface area contributed by atoms with Crippen LogP contribution in [0.25, 0.3) is 0 Å². The van der Waals surface area contributed by atoms with Crippen LogP contribution in [0, 0.1) is 28.1 Å². The number of aliphatic hydroxyl groups is 1. The Balaban J connectivity index is 2.08. The van der Waals surface area contributed by atoms with Crippen LogP contribution >= 0.6 is 0 Å². The van der Waals surface area contributed by atoms with Gasteiger partial charge in [-0.3, -0.25) is 4.79 Å². The van der Waals surface area contributed by atoms with Crippen LogP contribution < -0.4 is 0 Å². The fourth-order valence-corrected chi connectivity index (χ4v) is 6.44. The van der Waals surface area contributed by atoms with Gasteiger partial charge in [0.1, 0.15) is 5.78 Å². The van der Waals surface area contributed by atoms with E-state index in [4.69, 9.17) is 0 Å². The smallest absolute Gasteiger partial charge is 0.145 e. The molecule has 22 heavy (non-hydrogen) atoms. The molecule has 0 spiro atoms. The molecule has 2 saturated carbocycles. The highest BCUT2D eigenvalue weighted by Gasteiger charge is 2.61. The maximum Gasteiger partial charge on any atom is 0.145 e. The van der Waals surface area contributed by atoms with Gasteiger partial charge in [-0.1, -0.05) is 38.8 Å². The summed E-state index contributed by atoms with van der Waals surface area (Å²) in [5.41, 5.74) is 1.28. The summed E-state index contributed by atoms with van der Waals surface area (Å²) in [5.74, 6) is 1.29. The first kappa shape index (κ1) is 16.2. The van der Waals surface area contributed by atoms with E-state index in [0.29, 0.717) is 29.5 Å². The molecule has 0 bridgehead atoms. The maximum absolute atomic E-state index is 13.0. The zero-order valence-electron chi connectivity index (χ0n) is 14.7. The molecule has 3 aliphatic carbocycles. The fourth-order valence-electron chi connectivity index (χ4n) is 6.44. The third-order valence-electron chi connectivity index (χ3n) is 7.60. The van der Waals surface area contributed by atoms with Crippen molar-refractivity contribution in [1.29, 1.82) is 0 Å². The molecule has 0 radical (unpaired) electrons. The van der Waals surface area contributed by atoms with Crippen LogP contribution in [0.5, 0.6) is 0 Å². The summed E-state index contributed by atoms with van der Waals surface area (Å²) in [5, 5.41) is 10.2. The second-order valence-corrected chi connectivity index (χ2v) is 9.19. The summed E-state index contributed by atoms with van der Waals surface area (Å²) in [7, 11) is 0. The summed E-state index contributed by atoms with van der Waals surface area (Å²) < 4.78 is 0. The molecule has 0 aliphatic heterocycles. The van der Waals surface area contributed by atoms with Crippen molar-refractivity contribution in [2.75, 3.05) is 6.61 Å². The van der Waals surface area contributed by atoms with Gasteiger partial charge < -0.3 is 5.11 Å². The molecule has 1 N–H and O–H groups in total. The van der Waals surface area contributed by atoms with Crippen LogP contribution in [0.4, 0.5) is 0 Å². The van der Waals surface area contributed by atoms with Gasteiger partial charge in [-0.25, -0.2) is 0 Å². The van der Waals surface area contributed by atoms with E-state index in [1.807, 2.05) is 0 Å². The molecule has 2 nitrogen and oxygen atoms in total. The predicted molar refractivity (Wildman–Crippen MR) is 89.5 cm³/mol. The summed E-state index contributed by atoms with van der Waals surface area (Å²) in [4.78, 5) is 13.0.